The summed E-state index contributed by atoms with van der Waals surface area (Å²) >= 11 is 0. The summed E-state index contributed by atoms with van der Waals surface area (Å²) in [6.45, 7) is 6.24. The lowest BCUT2D eigenvalue weighted by Gasteiger charge is -2.39. The molecule has 0 spiro atoms. The van der Waals surface area contributed by atoms with Crippen molar-refractivity contribution in [1.82, 2.24) is 14.5 Å². The molecule has 0 radical (unpaired) electrons. The van der Waals surface area contributed by atoms with Crippen molar-refractivity contribution in [2.75, 3.05) is 6.54 Å². The number of nitrogens with two attached hydrogens (primary N) is 2. The van der Waals surface area contributed by atoms with Crippen LogP contribution in [-0.4, -0.2) is 50.0 Å². The largest absolute Gasteiger partial charge is 0.409 e. The van der Waals surface area contributed by atoms with Crippen molar-refractivity contribution in [2.45, 2.75) is 71.0 Å². The molecule has 9 nitrogen and oxygen atoms in total. The highest BCUT2D eigenvalue weighted by Gasteiger charge is 2.23. The van der Waals surface area contributed by atoms with Crippen LogP contribution < -0.4 is 17.0 Å². The van der Waals surface area contributed by atoms with Gasteiger partial charge in [-0.15, -0.1) is 0 Å². The number of likely N-dealkylation sites (tertiary alicyclic amines) is 1. The molecule has 3 aromatic rings. The maximum Gasteiger partial charge on any atom is 0.277 e. The number of unbranched alkanes of at least 4 members (excludes halogenated alkanes) is 2. The first-order valence-corrected chi connectivity index (χ1v) is 13.0. The molecule has 1 aliphatic rings. The topological polar surface area (TPSA) is 147 Å². The molecule has 1 saturated heterocycles. The first kappa shape index (κ1) is 26.3. The molecule has 1 aliphatic heterocycles. The average molecular weight is 504 g/mol. The van der Waals surface area contributed by atoms with E-state index in [1.807, 2.05) is 0 Å². The van der Waals surface area contributed by atoms with Gasteiger partial charge in [-0.05, 0) is 70.3 Å². The summed E-state index contributed by atoms with van der Waals surface area (Å²) in [4.78, 5) is 21.0. The zero-order valence-electron chi connectivity index (χ0n) is 21.7. The molecule has 0 unspecified atom stereocenters. The fraction of sp³-hybridized carbons (Fsp3) is 0.429. The van der Waals surface area contributed by atoms with Gasteiger partial charge in [0.15, 0.2) is 5.84 Å². The average Bonchev–Trinajstić information content (AvgIpc) is 2.90. The minimum atomic E-state index is -0.219. The van der Waals surface area contributed by atoms with E-state index in [0.717, 1.165) is 25.8 Å². The summed E-state index contributed by atoms with van der Waals surface area (Å²) in [7, 11) is 0. The molecule has 1 fully saturated rings. The van der Waals surface area contributed by atoms with Crippen LogP contribution in [0.5, 0.6) is 0 Å². The lowest BCUT2D eigenvalue weighted by atomic mass is 9.97. The molecule has 0 amide bonds. The second kappa shape index (κ2) is 11.6. The number of nitrogen functional groups attached to an aromatic ring is 1. The number of fused-ring (bicyclic) bond motifs is 1. The van der Waals surface area contributed by atoms with Gasteiger partial charge in [-0.3, -0.25) is 15.1 Å². The number of benzene rings is 2. The first-order valence-electron chi connectivity index (χ1n) is 13.0. The van der Waals surface area contributed by atoms with Gasteiger partial charge < -0.3 is 21.2 Å². The number of hydrogen-bond acceptors (Lipinski definition) is 6. The van der Waals surface area contributed by atoms with Gasteiger partial charge in [-0.25, -0.2) is 4.98 Å². The Bertz CT molecular complexity index is 1350. The Morgan fingerprint density at radius 3 is 2.49 bits per heavy atom. The lowest BCUT2D eigenvalue weighted by molar-refractivity contribution is 0.101. The summed E-state index contributed by atoms with van der Waals surface area (Å²) in [6.07, 6.45) is 6.76. The summed E-state index contributed by atoms with van der Waals surface area (Å²) in [5.41, 5.74) is 14.5. The van der Waals surface area contributed by atoms with Crippen LogP contribution in [0.1, 0.15) is 63.5 Å². The smallest absolute Gasteiger partial charge is 0.277 e. The molecule has 2 atom stereocenters. The zero-order chi connectivity index (χ0) is 26.5. The van der Waals surface area contributed by atoms with Gasteiger partial charge in [-0.1, -0.05) is 36.2 Å². The van der Waals surface area contributed by atoms with Gasteiger partial charge in [-0.2, -0.15) is 0 Å². The molecule has 0 saturated carbocycles. The van der Waals surface area contributed by atoms with Crippen LogP contribution in [0.2, 0.25) is 0 Å². The monoisotopic (exact) mass is 503 g/mol. The summed E-state index contributed by atoms with van der Waals surface area (Å²) in [6, 6.07) is 13.5. The van der Waals surface area contributed by atoms with E-state index in [2.05, 4.69) is 28.9 Å². The van der Waals surface area contributed by atoms with Gasteiger partial charge in [0.1, 0.15) is 11.5 Å². The second-order valence-electron chi connectivity index (χ2n) is 10.0. The van der Waals surface area contributed by atoms with E-state index < -0.39 is 0 Å². The Morgan fingerprint density at radius 1 is 1.05 bits per heavy atom. The maximum absolute atomic E-state index is 13.7. The summed E-state index contributed by atoms with van der Waals surface area (Å²) in [5, 5.41) is 20.0. The van der Waals surface area contributed by atoms with E-state index in [1.165, 1.54) is 19.3 Å². The van der Waals surface area contributed by atoms with Crippen LogP contribution in [0.25, 0.3) is 22.3 Å². The van der Waals surface area contributed by atoms with E-state index >= 15 is 0 Å². The molecule has 37 heavy (non-hydrogen) atoms. The van der Waals surface area contributed by atoms with Crippen molar-refractivity contribution in [3.05, 3.63) is 63.9 Å². The standard InChI is InChI=1S/C28H37N7O2/c1-18-8-6-9-19(2)34(18)14-4-3-5-15-35-24-17-22(27(31)33-37)12-13-23(24)32-25(28(35)36)20-10-7-11-21(16-20)26(29)30/h7,10-13,16-19,37H,3-6,8-9,14-15H2,1-2H3,(H3,29,30)(H2,31,33)/t18-,19+. The van der Waals surface area contributed by atoms with E-state index in [-0.39, 0.29) is 17.2 Å². The molecule has 9 heteroatoms. The number of aryl methyl sites for hydroxylation is 1. The molecular formula is C28H37N7O2. The Labute approximate surface area is 217 Å². The third kappa shape index (κ3) is 5.83. The third-order valence-corrected chi connectivity index (χ3v) is 7.47. The number of nitrogens with zero attached hydrogens (tertiary/aromatic N) is 4. The first-order chi connectivity index (χ1) is 17.8. The Hall–Kier alpha value is -3.72. The van der Waals surface area contributed by atoms with Gasteiger partial charge in [0, 0.05) is 35.3 Å². The van der Waals surface area contributed by atoms with E-state index in [4.69, 9.17) is 22.1 Å². The van der Waals surface area contributed by atoms with Crippen molar-refractivity contribution < 1.29 is 5.21 Å². The highest BCUT2D eigenvalue weighted by Crippen LogP contribution is 2.24. The number of hydrogen-bond donors (Lipinski definition) is 4. The van der Waals surface area contributed by atoms with Gasteiger partial charge in [0.2, 0.25) is 0 Å². The number of piperidine rings is 1. The van der Waals surface area contributed by atoms with Crippen LogP contribution >= 0.6 is 0 Å². The maximum atomic E-state index is 13.7. The van der Waals surface area contributed by atoms with Crippen molar-refractivity contribution in [3.63, 3.8) is 0 Å². The molecular weight excluding hydrogens is 466 g/mol. The molecule has 1 aromatic heterocycles. The van der Waals surface area contributed by atoms with E-state index in [1.54, 1.807) is 47.0 Å². The Morgan fingerprint density at radius 2 is 1.78 bits per heavy atom. The zero-order valence-corrected chi connectivity index (χ0v) is 21.7. The Balaban J connectivity index is 1.63. The van der Waals surface area contributed by atoms with E-state index in [0.29, 0.717) is 52.0 Å². The third-order valence-electron chi connectivity index (χ3n) is 7.47. The number of nitrogens with one attached hydrogen (secondary N) is 1. The fourth-order valence-corrected chi connectivity index (χ4v) is 5.36. The molecule has 0 bridgehead atoms. The highest BCUT2D eigenvalue weighted by atomic mass is 16.4. The summed E-state index contributed by atoms with van der Waals surface area (Å²) < 4.78 is 1.73. The Kier molecular flexibility index (Phi) is 8.23. The van der Waals surface area contributed by atoms with E-state index in [9.17, 15) is 4.79 Å². The van der Waals surface area contributed by atoms with Crippen molar-refractivity contribution in [2.24, 2.45) is 16.6 Å². The fourth-order valence-electron chi connectivity index (χ4n) is 5.36. The normalized spacial score (nSPS) is 18.8. The van der Waals surface area contributed by atoms with Crippen LogP contribution in [0.15, 0.2) is 52.4 Å². The van der Waals surface area contributed by atoms with Crippen molar-refractivity contribution in [1.29, 1.82) is 5.41 Å². The van der Waals surface area contributed by atoms with Crippen LogP contribution in [0.3, 0.4) is 0 Å². The lowest BCUT2D eigenvalue weighted by Crippen LogP contribution is -2.44. The van der Waals surface area contributed by atoms with Crippen LogP contribution in [0, 0.1) is 5.41 Å². The minimum absolute atomic E-state index is 0.0242. The van der Waals surface area contributed by atoms with Crippen molar-refractivity contribution >= 4 is 22.7 Å². The van der Waals surface area contributed by atoms with Gasteiger partial charge in [0.25, 0.3) is 5.56 Å². The molecule has 0 aliphatic carbocycles. The molecule has 4 rings (SSSR count). The number of rotatable bonds is 9. The predicted octanol–water partition coefficient (Wildman–Crippen LogP) is 3.88. The van der Waals surface area contributed by atoms with Gasteiger partial charge >= 0.3 is 0 Å². The van der Waals surface area contributed by atoms with Crippen molar-refractivity contribution in [3.8, 4) is 11.3 Å². The van der Waals surface area contributed by atoms with Gasteiger partial charge in [0.05, 0.1) is 11.0 Å². The number of amidine groups is 2. The van der Waals surface area contributed by atoms with Crippen LogP contribution in [0.4, 0.5) is 0 Å². The summed E-state index contributed by atoms with van der Waals surface area (Å²) in [5.74, 6) is -0.0902. The van der Waals surface area contributed by atoms with Crippen LogP contribution in [-0.2, 0) is 6.54 Å². The SMILES string of the molecule is C[C@@H]1CCC[C@H](C)N1CCCCCn1c(=O)c(-c2cccc(C(=N)N)c2)nc2ccc(/C(N)=N/O)cc21. The number of aromatic nitrogens is 2. The second-order valence-corrected chi connectivity index (χ2v) is 10.0. The highest BCUT2D eigenvalue weighted by molar-refractivity contribution is 6.00. The number of oxime groups is 1. The molecule has 196 valence electrons. The predicted molar refractivity (Wildman–Crippen MR) is 148 cm³/mol. The quantitative estimate of drug-likeness (QED) is 0.115. The minimum Gasteiger partial charge on any atom is -0.409 e. The molecule has 2 heterocycles. The molecule has 6 N–H and O–H groups in total. The molecule has 2 aromatic carbocycles.